The third-order valence-corrected chi connectivity index (χ3v) is 2.84. The maximum Gasteiger partial charge on any atom is 0.138 e. The lowest BCUT2D eigenvalue weighted by molar-refractivity contribution is 0.462. The number of nitrogens with zero attached hydrogens (tertiary/aromatic N) is 2. The van der Waals surface area contributed by atoms with E-state index in [0.29, 0.717) is 6.04 Å². The summed E-state index contributed by atoms with van der Waals surface area (Å²) in [5.74, 6) is 0.798. The zero-order valence-corrected chi connectivity index (χ0v) is 8.74. The Morgan fingerprint density at radius 1 is 1.33 bits per heavy atom. The summed E-state index contributed by atoms with van der Waals surface area (Å²) in [7, 11) is 0. The number of hydrogen-bond donors (Lipinski definition) is 2. The lowest BCUT2D eigenvalue weighted by atomic mass is 9.95. The first-order valence-corrected chi connectivity index (χ1v) is 5.47. The van der Waals surface area contributed by atoms with Crippen LogP contribution < -0.4 is 5.32 Å². The van der Waals surface area contributed by atoms with Crippen molar-refractivity contribution in [2.45, 2.75) is 38.1 Å². The van der Waals surface area contributed by atoms with Crippen LogP contribution in [0, 0.1) is 5.41 Å². The van der Waals surface area contributed by atoms with Crippen molar-refractivity contribution in [1.29, 1.82) is 5.41 Å². The van der Waals surface area contributed by atoms with Gasteiger partial charge in [-0.3, -0.25) is 0 Å². The Morgan fingerprint density at radius 2 is 2.13 bits per heavy atom. The number of nitrogens with one attached hydrogen (secondary N) is 2. The minimum absolute atomic E-state index is 0.521. The maximum atomic E-state index is 7.26. The quantitative estimate of drug-likeness (QED) is 0.742. The average molecular weight is 204 g/mol. The Morgan fingerprint density at radius 3 is 2.87 bits per heavy atom. The number of rotatable bonds is 3. The van der Waals surface area contributed by atoms with Gasteiger partial charge >= 0.3 is 0 Å². The highest BCUT2D eigenvalue weighted by molar-refractivity contribution is 5.83. The molecule has 0 aromatic carbocycles. The molecule has 0 radical (unpaired) electrons. The molecule has 2 rings (SSSR count). The monoisotopic (exact) mass is 204 g/mol. The van der Waals surface area contributed by atoms with E-state index in [1.54, 1.807) is 6.20 Å². The highest BCUT2D eigenvalue weighted by Gasteiger charge is 2.14. The molecule has 4 nitrogen and oxygen atoms in total. The molecule has 0 aliphatic heterocycles. The molecule has 0 amide bonds. The van der Waals surface area contributed by atoms with Gasteiger partial charge in [0.25, 0.3) is 0 Å². The van der Waals surface area contributed by atoms with Crippen molar-refractivity contribution in [3.05, 3.63) is 18.1 Å². The summed E-state index contributed by atoms with van der Waals surface area (Å²) in [6.07, 6.45) is 10.8. The lowest BCUT2D eigenvalue weighted by Crippen LogP contribution is -2.23. The van der Waals surface area contributed by atoms with E-state index in [1.807, 2.05) is 0 Å². The van der Waals surface area contributed by atoms with Gasteiger partial charge in [0, 0.05) is 18.5 Å². The average Bonchev–Trinajstić information content (AvgIpc) is 2.31. The molecule has 0 atom stereocenters. The molecule has 1 saturated carbocycles. The third kappa shape index (κ3) is 2.52. The van der Waals surface area contributed by atoms with Gasteiger partial charge in [-0.25, -0.2) is 9.97 Å². The molecule has 0 spiro atoms. The molecule has 15 heavy (non-hydrogen) atoms. The molecule has 1 aliphatic carbocycles. The van der Waals surface area contributed by atoms with Crippen LogP contribution in [0.2, 0.25) is 0 Å². The molecule has 1 aromatic heterocycles. The van der Waals surface area contributed by atoms with Crippen molar-refractivity contribution in [2.75, 3.05) is 5.32 Å². The van der Waals surface area contributed by atoms with Crippen LogP contribution in [0.5, 0.6) is 0 Å². The lowest BCUT2D eigenvalue weighted by Gasteiger charge is -2.23. The van der Waals surface area contributed by atoms with E-state index in [2.05, 4.69) is 15.3 Å². The molecular weight excluding hydrogens is 188 g/mol. The highest BCUT2D eigenvalue weighted by Crippen LogP contribution is 2.21. The van der Waals surface area contributed by atoms with Gasteiger partial charge in [-0.1, -0.05) is 19.3 Å². The van der Waals surface area contributed by atoms with Crippen LogP contribution in [-0.2, 0) is 0 Å². The highest BCUT2D eigenvalue weighted by atomic mass is 15.0. The summed E-state index contributed by atoms with van der Waals surface area (Å²) in [4.78, 5) is 8.08. The Labute approximate surface area is 89.7 Å². The molecule has 4 heteroatoms. The second-order valence-electron chi connectivity index (χ2n) is 3.95. The fourth-order valence-corrected chi connectivity index (χ4v) is 2.01. The first-order valence-electron chi connectivity index (χ1n) is 5.47. The van der Waals surface area contributed by atoms with Gasteiger partial charge in [0.2, 0.25) is 0 Å². The van der Waals surface area contributed by atoms with Crippen LogP contribution in [-0.4, -0.2) is 22.2 Å². The van der Waals surface area contributed by atoms with Crippen molar-refractivity contribution in [3.8, 4) is 0 Å². The molecule has 0 bridgehead atoms. The smallest absolute Gasteiger partial charge is 0.138 e. The van der Waals surface area contributed by atoms with Crippen molar-refractivity contribution in [2.24, 2.45) is 0 Å². The van der Waals surface area contributed by atoms with Crippen LogP contribution in [0.25, 0.3) is 0 Å². The summed E-state index contributed by atoms with van der Waals surface area (Å²) >= 11 is 0. The summed E-state index contributed by atoms with van der Waals surface area (Å²) in [5.41, 5.74) is 0.767. The van der Waals surface area contributed by atoms with Crippen molar-refractivity contribution >= 4 is 12.0 Å². The van der Waals surface area contributed by atoms with E-state index in [9.17, 15) is 0 Å². The summed E-state index contributed by atoms with van der Waals surface area (Å²) < 4.78 is 0. The predicted octanol–water partition coefficient (Wildman–Crippen LogP) is 2.22. The normalized spacial score (nSPS) is 17.3. The molecule has 1 fully saturated rings. The molecular formula is C11H16N4. The first-order chi connectivity index (χ1) is 7.40. The molecule has 0 unspecified atom stereocenters. The molecule has 0 saturated heterocycles. The third-order valence-electron chi connectivity index (χ3n) is 2.84. The summed E-state index contributed by atoms with van der Waals surface area (Å²) in [6.45, 7) is 0. The van der Waals surface area contributed by atoms with Gasteiger partial charge in [0.1, 0.15) is 12.1 Å². The van der Waals surface area contributed by atoms with Crippen LogP contribution in [0.4, 0.5) is 5.82 Å². The second kappa shape index (κ2) is 4.87. The zero-order chi connectivity index (χ0) is 10.5. The maximum absolute atomic E-state index is 7.26. The molecule has 1 aliphatic rings. The minimum Gasteiger partial charge on any atom is -0.367 e. The van der Waals surface area contributed by atoms with E-state index in [0.717, 1.165) is 11.4 Å². The zero-order valence-electron chi connectivity index (χ0n) is 8.74. The summed E-state index contributed by atoms with van der Waals surface area (Å²) in [5, 5.41) is 10.7. The van der Waals surface area contributed by atoms with E-state index >= 15 is 0 Å². The van der Waals surface area contributed by atoms with Gasteiger partial charge in [0.05, 0.1) is 5.56 Å². The largest absolute Gasteiger partial charge is 0.367 e. The Balaban J connectivity index is 2.05. The van der Waals surface area contributed by atoms with Crippen molar-refractivity contribution in [3.63, 3.8) is 0 Å². The molecule has 1 aromatic rings. The number of aromatic nitrogens is 2. The van der Waals surface area contributed by atoms with E-state index in [-0.39, 0.29) is 0 Å². The van der Waals surface area contributed by atoms with Gasteiger partial charge in [-0.15, -0.1) is 0 Å². The SMILES string of the molecule is N=Cc1cncnc1NC1CCCCC1. The minimum atomic E-state index is 0.521. The fraction of sp³-hybridized carbons (Fsp3) is 0.545. The van der Waals surface area contributed by atoms with E-state index < -0.39 is 0 Å². The fourth-order valence-electron chi connectivity index (χ4n) is 2.01. The van der Waals surface area contributed by atoms with Gasteiger partial charge in [0.15, 0.2) is 0 Å². The Bertz CT molecular complexity index is 331. The van der Waals surface area contributed by atoms with Crippen LogP contribution in [0.1, 0.15) is 37.7 Å². The van der Waals surface area contributed by atoms with Crippen LogP contribution in [0.3, 0.4) is 0 Å². The number of anilines is 1. The topological polar surface area (TPSA) is 61.7 Å². The standard InChI is InChI=1S/C11H16N4/c12-6-9-7-13-8-14-11(9)15-10-4-2-1-3-5-10/h6-8,10,12H,1-5H2,(H,13,14,15). The van der Waals surface area contributed by atoms with Gasteiger partial charge in [-0.05, 0) is 12.8 Å². The molecule has 2 N–H and O–H groups in total. The first kappa shape index (κ1) is 10.1. The van der Waals surface area contributed by atoms with E-state index in [4.69, 9.17) is 5.41 Å². The summed E-state index contributed by atoms with van der Waals surface area (Å²) in [6, 6.07) is 0.521. The molecule has 80 valence electrons. The molecule has 1 heterocycles. The predicted molar refractivity (Wildman–Crippen MR) is 60.4 cm³/mol. The van der Waals surface area contributed by atoms with Crippen molar-refractivity contribution < 1.29 is 0 Å². The Kier molecular flexibility index (Phi) is 3.27. The van der Waals surface area contributed by atoms with Gasteiger partial charge in [-0.2, -0.15) is 0 Å². The van der Waals surface area contributed by atoms with Gasteiger partial charge < -0.3 is 10.7 Å². The van der Waals surface area contributed by atoms with Crippen LogP contribution in [0.15, 0.2) is 12.5 Å². The second-order valence-corrected chi connectivity index (χ2v) is 3.95. The van der Waals surface area contributed by atoms with E-state index in [1.165, 1.54) is 44.6 Å². The van der Waals surface area contributed by atoms with Crippen molar-refractivity contribution in [1.82, 2.24) is 9.97 Å². The Hall–Kier alpha value is -1.45. The van der Waals surface area contributed by atoms with Crippen LogP contribution >= 0.6 is 0 Å². The number of hydrogen-bond acceptors (Lipinski definition) is 4.